The number of aliphatic carboxylic acids is 1. The number of carboxylic acid groups (broad SMARTS) is 1. The van der Waals surface area contributed by atoms with Crippen molar-refractivity contribution in [3.05, 3.63) is 41.9 Å². The van der Waals surface area contributed by atoms with E-state index in [9.17, 15) is 14.7 Å². The Kier molecular flexibility index (Phi) is 5.88. The zero-order valence-corrected chi connectivity index (χ0v) is 24.9. The molecule has 1 aromatic rings. The molecule has 0 amide bonds. The van der Waals surface area contributed by atoms with E-state index in [0.717, 1.165) is 69.1 Å². The van der Waals surface area contributed by atoms with Gasteiger partial charge in [0.05, 0.1) is 11.7 Å². The summed E-state index contributed by atoms with van der Waals surface area (Å²) in [6, 6.07) is 3.83. The largest absolute Gasteiger partial charge is 0.481 e. The summed E-state index contributed by atoms with van der Waals surface area (Å²) in [5.41, 5.74) is 1.30. The molecule has 0 bridgehead atoms. The summed E-state index contributed by atoms with van der Waals surface area (Å²) in [7, 11) is 0. The summed E-state index contributed by atoms with van der Waals surface area (Å²) in [5, 5.41) is 10.6. The summed E-state index contributed by atoms with van der Waals surface area (Å²) in [6.07, 6.45) is 12.4. The number of allylic oxidation sites excluding steroid dienone is 2. The van der Waals surface area contributed by atoms with Crippen molar-refractivity contribution < 1.29 is 19.1 Å². The molecule has 1 N–H and O–H groups in total. The van der Waals surface area contributed by atoms with Gasteiger partial charge in [0.1, 0.15) is 5.76 Å². The third-order valence-corrected chi connectivity index (χ3v) is 13.9. The molecule has 5 fully saturated rings. The van der Waals surface area contributed by atoms with Crippen molar-refractivity contribution in [1.29, 1.82) is 0 Å². The van der Waals surface area contributed by atoms with Crippen molar-refractivity contribution in [2.24, 2.45) is 56.7 Å². The van der Waals surface area contributed by atoms with Gasteiger partial charge in [0.25, 0.3) is 0 Å². The van der Waals surface area contributed by atoms with E-state index in [-0.39, 0.29) is 27.9 Å². The molecule has 4 heteroatoms. The SMILES string of the molecule is C=C(C)[C@H]1CC[C@@]2(C(=O)O)CC[C@]3(C)[C@@H](CC[C@H]4[C@@]5(C)CC(=Cc6ccco6)C(=O)C(C)(C)[C@@H]5CC[C@]43C)[C@@H]12. The lowest BCUT2D eigenvalue weighted by Crippen LogP contribution is -2.67. The van der Waals surface area contributed by atoms with Gasteiger partial charge in [-0.3, -0.25) is 9.59 Å². The maximum atomic E-state index is 13.9. The first kappa shape index (κ1) is 27.1. The summed E-state index contributed by atoms with van der Waals surface area (Å²) >= 11 is 0. The van der Waals surface area contributed by atoms with E-state index in [4.69, 9.17) is 4.42 Å². The quantitative estimate of drug-likeness (QED) is 0.313. The minimum absolute atomic E-state index is 0.0155. The Morgan fingerprint density at radius 2 is 1.74 bits per heavy atom. The summed E-state index contributed by atoms with van der Waals surface area (Å²) < 4.78 is 5.65. The summed E-state index contributed by atoms with van der Waals surface area (Å²) in [6.45, 7) is 18.4. The van der Waals surface area contributed by atoms with E-state index in [2.05, 4.69) is 48.1 Å². The van der Waals surface area contributed by atoms with Crippen molar-refractivity contribution in [3.63, 3.8) is 0 Å². The maximum absolute atomic E-state index is 13.9. The Morgan fingerprint density at radius 1 is 1.00 bits per heavy atom. The highest BCUT2D eigenvalue weighted by Gasteiger charge is 2.72. The zero-order valence-electron chi connectivity index (χ0n) is 24.9. The third-order valence-electron chi connectivity index (χ3n) is 13.9. The topological polar surface area (TPSA) is 67.5 Å². The van der Waals surface area contributed by atoms with Crippen LogP contribution < -0.4 is 0 Å². The van der Waals surface area contributed by atoms with Gasteiger partial charge in [0.15, 0.2) is 5.78 Å². The van der Waals surface area contributed by atoms with Gasteiger partial charge in [0, 0.05) is 5.41 Å². The molecule has 1 aromatic heterocycles. The molecule has 6 rings (SSSR count). The number of Topliss-reactive ketones (excluding diaryl/α,β-unsaturated/α-hetero) is 1. The van der Waals surface area contributed by atoms with Crippen molar-refractivity contribution in [2.45, 2.75) is 99.3 Å². The molecule has 0 unspecified atom stereocenters. The first-order valence-corrected chi connectivity index (χ1v) is 15.4. The van der Waals surface area contributed by atoms with Gasteiger partial charge in [-0.2, -0.15) is 0 Å². The Morgan fingerprint density at radius 3 is 2.38 bits per heavy atom. The highest BCUT2D eigenvalue weighted by Crippen LogP contribution is 2.77. The van der Waals surface area contributed by atoms with E-state index in [1.165, 1.54) is 5.57 Å². The van der Waals surface area contributed by atoms with Gasteiger partial charge in [-0.25, -0.2) is 0 Å². The highest BCUT2D eigenvalue weighted by atomic mass is 16.4. The monoisotopic (exact) mass is 532 g/mol. The van der Waals surface area contributed by atoms with Crippen LogP contribution >= 0.6 is 0 Å². The van der Waals surface area contributed by atoms with Crippen LogP contribution in [-0.4, -0.2) is 16.9 Å². The van der Waals surface area contributed by atoms with Gasteiger partial charge in [-0.1, -0.05) is 46.8 Å². The van der Waals surface area contributed by atoms with Gasteiger partial charge in [-0.05, 0) is 134 Å². The Labute approximate surface area is 234 Å². The van der Waals surface area contributed by atoms with Crippen LogP contribution in [0.2, 0.25) is 0 Å². The molecule has 212 valence electrons. The van der Waals surface area contributed by atoms with Crippen LogP contribution in [0.15, 0.2) is 40.5 Å². The van der Waals surface area contributed by atoms with Crippen molar-refractivity contribution in [2.75, 3.05) is 0 Å². The van der Waals surface area contributed by atoms with Crippen LogP contribution in [0, 0.1) is 56.7 Å². The molecule has 0 radical (unpaired) electrons. The zero-order chi connectivity index (χ0) is 28.2. The Balaban J connectivity index is 1.42. The van der Waals surface area contributed by atoms with E-state index in [0.29, 0.717) is 23.7 Å². The second-order valence-corrected chi connectivity index (χ2v) is 15.6. The normalized spacial score (nSPS) is 47.6. The van der Waals surface area contributed by atoms with Gasteiger partial charge in [0.2, 0.25) is 0 Å². The average Bonchev–Trinajstić information content (AvgIpc) is 3.51. The first-order chi connectivity index (χ1) is 18.2. The van der Waals surface area contributed by atoms with Crippen LogP contribution in [0.3, 0.4) is 0 Å². The van der Waals surface area contributed by atoms with Crippen LogP contribution in [-0.2, 0) is 9.59 Å². The highest BCUT2D eigenvalue weighted by molar-refractivity contribution is 6.04. The molecule has 0 aromatic carbocycles. The number of hydrogen-bond acceptors (Lipinski definition) is 3. The van der Waals surface area contributed by atoms with Gasteiger partial charge < -0.3 is 9.52 Å². The molecule has 4 nitrogen and oxygen atoms in total. The predicted octanol–water partition coefficient (Wildman–Crippen LogP) is 8.58. The molecule has 39 heavy (non-hydrogen) atoms. The van der Waals surface area contributed by atoms with Gasteiger partial charge >= 0.3 is 5.97 Å². The second kappa shape index (κ2) is 8.46. The fourth-order valence-electron chi connectivity index (χ4n) is 12.0. The molecule has 5 saturated carbocycles. The number of carbonyl (C=O) groups is 2. The summed E-state index contributed by atoms with van der Waals surface area (Å²) in [4.78, 5) is 26.8. The number of fused-ring (bicyclic) bond motifs is 7. The number of carbonyl (C=O) groups excluding carboxylic acids is 1. The van der Waals surface area contributed by atoms with E-state index in [1.54, 1.807) is 6.26 Å². The molecular formula is C35H48O4. The molecular weight excluding hydrogens is 484 g/mol. The van der Waals surface area contributed by atoms with E-state index < -0.39 is 16.8 Å². The van der Waals surface area contributed by atoms with Gasteiger partial charge in [-0.15, -0.1) is 0 Å². The van der Waals surface area contributed by atoms with Crippen LogP contribution in [0.25, 0.3) is 6.08 Å². The first-order valence-electron chi connectivity index (χ1n) is 15.4. The fraction of sp³-hybridized carbons (Fsp3) is 0.714. The molecule has 5 aliphatic carbocycles. The minimum atomic E-state index is -0.587. The van der Waals surface area contributed by atoms with E-state index in [1.807, 2.05) is 18.2 Å². The Hall–Kier alpha value is -2.10. The number of furan rings is 1. The van der Waals surface area contributed by atoms with Crippen molar-refractivity contribution in [3.8, 4) is 0 Å². The van der Waals surface area contributed by atoms with Crippen LogP contribution in [0.1, 0.15) is 105 Å². The second-order valence-electron chi connectivity index (χ2n) is 15.6. The third kappa shape index (κ3) is 3.35. The number of hydrogen-bond donors (Lipinski definition) is 1. The van der Waals surface area contributed by atoms with Crippen molar-refractivity contribution >= 4 is 17.8 Å². The molecule has 0 aliphatic heterocycles. The number of carboxylic acids is 1. The lowest BCUT2D eigenvalue weighted by molar-refractivity contribution is -0.231. The smallest absolute Gasteiger partial charge is 0.309 e. The fourth-order valence-corrected chi connectivity index (χ4v) is 12.0. The molecule has 1 heterocycles. The van der Waals surface area contributed by atoms with E-state index >= 15 is 0 Å². The maximum Gasteiger partial charge on any atom is 0.309 e. The number of rotatable bonds is 3. The lowest BCUT2D eigenvalue weighted by atomic mass is 9.32. The molecule has 5 aliphatic rings. The van der Waals surface area contributed by atoms with Crippen LogP contribution in [0.4, 0.5) is 0 Å². The number of ketones is 1. The van der Waals surface area contributed by atoms with Crippen molar-refractivity contribution in [1.82, 2.24) is 0 Å². The molecule has 9 atom stereocenters. The predicted molar refractivity (Wildman–Crippen MR) is 154 cm³/mol. The summed E-state index contributed by atoms with van der Waals surface area (Å²) in [5.74, 6) is 2.23. The minimum Gasteiger partial charge on any atom is -0.481 e. The average molecular weight is 533 g/mol. The Bertz CT molecular complexity index is 1240. The molecule has 0 spiro atoms. The molecule has 0 saturated heterocycles. The standard InChI is InChI=1S/C35H48O4/c1-21(2)24-12-15-35(30(37)38)17-16-33(6)25(28(24)35)10-11-27-32(5)20-22(19-23-9-8-18-39-23)29(36)31(3,4)26(32)13-14-34(27,33)7/h8-9,18-19,24-28H,1,10-17,20H2,2-7H3,(H,37,38)/t24-,25+,26+,27+,28-,32+,33-,34-,35-/m1/s1. The lowest BCUT2D eigenvalue weighted by Gasteiger charge is -2.72. The van der Waals surface area contributed by atoms with Crippen LogP contribution in [0.5, 0.6) is 0 Å².